The zero-order valence-corrected chi connectivity index (χ0v) is 15.9. The SMILES string of the molecule is Cc1c(C(=O)Nc2cccc(-c3cc4ccccc4oc3=O)c2)cccc1[N+](=O)[O-]. The summed E-state index contributed by atoms with van der Waals surface area (Å²) in [6.45, 7) is 1.53. The largest absolute Gasteiger partial charge is 0.422 e. The summed E-state index contributed by atoms with van der Waals surface area (Å²) in [5, 5.41) is 14.6. The van der Waals surface area contributed by atoms with Crippen molar-refractivity contribution in [1.29, 1.82) is 0 Å². The van der Waals surface area contributed by atoms with Crippen molar-refractivity contribution in [1.82, 2.24) is 0 Å². The number of nitrogens with one attached hydrogen (secondary N) is 1. The molecule has 0 radical (unpaired) electrons. The van der Waals surface area contributed by atoms with Gasteiger partial charge >= 0.3 is 5.63 Å². The van der Waals surface area contributed by atoms with Crippen molar-refractivity contribution in [2.75, 3.05) is 5.32 Å². The lowest BCUT2D eigenvalue weighted by molar-refractivity contribution is -0.385. The number of anilines is 1. The number of carbonyl (C=O) groups is 1. The van der Waals surface area contributed by atoms with Crippen LogP contribution in [0.2, 0.25) is 0 Å². The maximum absolute atomic E-state index is 12.7. The zero-order valence-electron chi connectivity index (χ0n) is 15.9. The average Bonchev–Trinajstić information content (AvgIpc) is 2.73. The first-order valence-corrected chi connectivity index (χ1v) is 9.13. The highest BCUT2D eigenvalue weighted by atomic mass is 16.6. The van der Waals surface area contributed by atoms with Crippen LogP contribution in [-0.4, -0.2) is 10.8 Å². The lowest BCUT2D eigenvalue weighted by Crippen LogP contribution is -2.14. The van der Waals surface area contributed by atoms with E-state index >= 15 is 0 Å². The third-order valence-electron chi connectivity index (χ3n) is 4.82. The molecule has 1 heterocycles. The fourth-order valence-corrected chi connectivity index (χ4v) is 3.29. The monoisotopic (exact) mass is 400 g/mol. The number of nitro groups is 1. The Balaban J connectivity index is 1.68. The average molecular weight is 400 g/mol. The van der Waals surface area contributed by atoms with Gasteiger partial charge in [-0.1, -0.05) is 36.4 Å². The van der Waals surface area contributed by atoms with E-state index in [0.717, 1.165) is 5.39 Å². The topological polar surface area (TPSA) is 102 Å². The molecule has 0 aliphatic rings. The molecule has 0 fully saturated rings. The first-order valence-electron chi connectivity index (χ1n) is 9.13. The summed E-state index contributed by atoms with van der Waals surface area (Å²) in [6.07, 6.45) is 0. The van der Waals surface area contributed by atoms with Crippen molar-refractivity contribution < 1.29 is 14.1 Å². The number of carbonyl (C=O) groups excluding carboxylic acids is 1. The maximum atomic E-state index is 12.7. The molecular formula is C23H16N2O5. The van der Waals surface area contributed by atoms with Crippen LogP contribution in [0.5, 0.6) is 0 Å². The van der Waals surface area contributed by atoms with E-state index in [9.17, 15) is 19.7 Å². The fraction of sp³-hybridized carbons (Fsp3) is 0.0435. The van der Waals surface area contributed by atoms with Gasteiger partial charge in [-0.05, 0) is 42.8 Å². The Kier molecular flexibility index (Phi) is 4.85. The molecule has 0 aliphatic carbocycles. The van der Waals surface area contributed by atoms with Crippen LogP contribution in [0, 0.1) is 17.0 Å². The number of hydrogen-bond acceptors (Lipinski definition) is 5. The Morgan fingerprint density at radius 2 is 1.77 bits per heavy atom. The van der Waals surface area contributed by atoms with Crippen molar-refractivity contribution in [3.63, 3.8) is 0 Å². The molecule has 0 spiro atoms. The number of benzene rings is 3. The molecule has 0 bridgehead atoms. The van der Waals surface area contributed by atoms with Crippen molar-refractivity contribution in [2.24, 2.45) is 0 Å². The molecule has 4 aromatic rings. The first kappa shape index (κ1) is 19.1. The molecule has 4 rings (SSSR count). The van der Waals surface area contributed by atoms with Gasteiger partial charge in [0.15, 0.2) is 0 Å². The van der Waals surface area contributed by atoms with Gasteiger partial charge in [0.25, 0.3) is 11.6 Å². The molecule has 0 saturated heterocycles. The normalized spacial score (nSPS) is 10.7. The third kappa shape index (κ3) is 3.56. The van der Waals surface area contributed by atoms with Crippen LogP contribution in [0.3, 0.4) is 0 Å². The maximum Gasteiger partial charge on any atom is 0.344 e. The van der Waals surface area contributed by atoms with E-state index < -0.39 is 16.5 Å². The minimum Gasteiger partial charge on any atom is -0.422 e. The van der Waals surface area contributed by atoms with Crippen molar-refractivity contribution in [2.45, 2.75) is 6.92 Å². The summed E-state index contributed by atoms with van der Waals surface area (Å²) in [6, 6.07) is 20.1. The van der Waals surface area contributed by atoms with Gasteiger partial charge in [-0.3, -0.25) is 14.9 Å². The summed E-state index contributed by atoms with van der Waals surface area (Å²) in [5.74, 6) is -0.473. The molecule has 0 unspecified atom stereocenters. The van der Waals surface area contributed by atoms with Crippen molar-refractivity contribution in [3.8, 4) is 11.1 Å². The van der Waals surface area contributed by atoms with Crippen LogP contribution < -0.4 is 10.9 Å². The molecule has 1 N–H and O–H groups in total. The molecule has 1 amide bonds. The Morgan fingerprint density at radius 1 is 1.00 bits per heavy atom. The minimum absolute atomic E-state index is 0.120. The van der Waals surface area contributed by atoms with Gasteiger partial charge in [0, 0.05) is 28.3 Å². The van der Waals surface area contributed by atoms with Gasteiger partial charge < -0.3 is 9.73 Å². The third-order valence-corrected chi connectivity index (χ3v) is 4.82. The number of hydrogen-bond donors (Lipinski definition) is 1. The summed E-state index contributed by atoms with van der Waals surface area (Å²) >= 11 is 0. The number of nitro benzene ring substituents is 1. The van der Waals surface area contributed by atoms with Crippen LogP contribution in [0.25, 0.3) is 22.1 Å². The molecule has 7 heteroatoms. The molecule has 0 saturated carbocycles. The molecule has 30 heavy (non-hydrogen) atoms. The lowest BCUT2D eigenvalue weighted by Gasteiger charge is -2.09. The van der Waals surface area contributed by atoms with Crippen LogP contribution in [-0.2, 0) is 0 Å². The zero-order chi connectivity index (χ0) is 21.3. The van der Waals surface area contributed by atoms with E-state index in [1.54, 1.807) is 42.5 Å². The molecule has 1 aromatic heterocycles. The molecule has 148 valence electrons. The number of rotatable bonds is 4. The number of amides is 1. The van der Waals surface area contributed by atoms with Crippen LogP contribution in [0.1, 0.15) is 15.9 Å². The fourth-order valence-electron chi connectivity index (χ4n) is 3.29. The summed E-state index contributed by atoms with van der Waals surface area (Å²) in [4.78, 5) is 35.7. The van der Waals surface area contributed by atoms with Gasteiger partial charge in [-0.2, -0.15) is 0 Å². The van der Waals surface area contributed by atoms with Crippen LogP contribution in [0.4, 0.5) is 11.4 Å². The highest BCUT2D eigenvalue weighted by Crippen LogP contribution is 2.25. The van der Waals surface area contributed by atoms with Crippen molar-refractivity contribution in [3.05, 3.63) is 104 Å². The van der Waals surface area contributed by atoms with Gasteiger partial charge in [-0.25, -0.2) is 4.79 Å². The highest BCUT2D eigenvalue weighted by Gasteiger charge is 2.18. The van der Waals surface area contributed by atoms with E-state index in [4.69, 9.17) is 4.42 Å². The Morgan fingerprint density at radius 3 is 2.57 bits per heavy atom. The predicted octanol–water partition coefficient (Wildman–Crippen LogP) is 4.93. The van der Waals surface area contributed by atoms with Crippen LogP contribution >= 0.6 is 0 Å². The first-order chi connectivity index (χ1) is 14.4. The van der Waals surface area contributed by atoms with E-state index in [2.05, 4.69) is 5.32 Å². The molecule has 3 aromatic carbocycles. The second kappa shape index (κ2) is 7.63. The predicted molar refractivity (Wildman–Crippen MR) is 114 cm³/mol. The molecule has 0 atom stereocenters. The van der Waals surface area contributed by atoms with E-state index in [-0.39, 0.29) is 16.8 Å². The summed E-state index contributed by atoms with van der Waals surface area (Å²) in [7, 11) is 0. The van der Waals surface area contributed by atoms with Gasteiger partial charge in [-0.15, -0.1) is 0 Å². The summed E-state index contributed by atoms with van der Waals surface area (Å²) < 4.78 is 5.38. The minimum atomic E-state index is -0.522. The van der Waals surface area contributed by atoms with E-state index in [0.29, 0.717) is 22.4 Å². The lowest BCUT2D eigenvalue weighted by atomic mass is 10.0. The molecule has 0 aliphatic heterocycles. The van der Waals surface area contributed by atoms with Gasteiger partial charge in [0.05, 0.1) is 10.5 Å². The second-order valence-electron chi connectivity index (χ2n) is 6.73. The number of fused-ring (bicyclic) bond motifs is 1. The molecule has 7 nitrogen and oxygen atoms in total. The number of para-hydroxylation sites is 1. The Bertz CT molecular complexity index is 1360. The quantitative estimate of drug-likeness (QED) is 0.297. The van der Waals surface area contributed by atoms with E-state index in [1.165, 1.54) is 25.1 Å². The smallest absolute Gasteiger partial charge is 0.344 e. The Hall–Kier alpha value is -4.26. The van der Waals surface area contributed by atoms with Crippen molar-refractivity contribution >= 4 is 28.3 Å². The standard InChI is InChI=1S/C23H16N2O5/c1-14-18(9-5-10-20(14)25(28)29)22(26)24-17-8-4-7-15(12-17)19-13-16-6-2-3-11-21(16)30-23(19)27/h2-13H,1H3,(H,24,26). The number of nitrogens with zero attached hydrogens (tertiary/aromatic N) is 1. The highest BCUT2D eigenvalue weighted by molar-refractivity contribution is 6.06. The van der Waals surface area contributed by atoms with Gasteiger partial charge in [0.2, 0.25) is 0 Å². The second-order valence-corrected chi connectivity index (χ2v) is 6.73. The Labute approximate surface area is 170 Å². The van der Waals surface area contributed by atoms with Crippen LogP contribution in [0.15, 0.2) is 82.0 Å². The van der Waals surface area contributed by atoms with Gasteiger partial charge in [0.1, 0.15) is 5.58 Å². The van der Waals surface area contributed by atoms with E-state index in [1.807, 2.05) is 12.1 Å². The summed E-state index contributed by atoms with van der Waals surface area (Å²) in [5.41, 5.74) is 1.80. The molecular weight excluding hydrogens is 384 g/mol.